The van der Waals surface area contributed by atoms with Gasteiger partial charge in [0.25, 0.3) is 0 Å². The third-order valence-corrected chi connectivity index (χ3v) is 4.16. The summed E-state index contributed by atoms with van der Waals surface area (Å²) >= 11 is 8.24. The number of nitrogens with one attached hydrogen (secondary N) is 2. The average molecular weight is 383 g/mol. The fourth-order valence-corrected chi connectivity index (χ4v) is 3.10. The monoisotopic (exact) mass is 382 g/mol. The summed E-state index contributed by atoms with van der Waals surface area (Å²) in [6, 6.07) is 14.4. The molecule has 0 radical (unpaired) electrons. The Morgan fingerprint density at radius 1 is 1.11 bits per heavy atom. The summed E-state index contributed by atoms with van der Waals surface area (Å²) < 4.78 is 1.13. The van der Waals surface area contributed by atoms with Gasteiger partial charge in [-0.05, 0) is 63.9 Å². The maximum absolute atomic E-state index is 5.95. The first kappa shape index (κ1) is 12.8. The van der Waals surface area contributed by atoms with Gasteiger partial charge in [-0.3, -0.25) is 0 Å². The van der Waals surface area contributed by atoms with Crippen molar-refractivity contribution in [3.05, 3.63) is 62.8 Å². The van der Waals surface area contributed by atoms with Crippen molar-refractivity contribution in [1.29, 1.82) is 0 Å². The van der Waals surface area contributed by atoms with E-state index in [0.717, 1.165) is 20.8 Å². The van der Waals surface area contributed by atoms with E-state index in [-0.39, 0.29) is 0 Å². The Morgan fingerprint density at radius 3 is 2.84 bits per heavy atom. The second-order valence-corrected chi connectivity index (χ2v) is 5.98. The third kappa shape index (κ3) is 2.87. The lowest BCUT2D eigenvalue weighted by Crippen LogP contribution is -2.00. The minimum Gasteiger partial charge on any atom is -0.380 e. The first-order valence-corrected chi connectivity index (χ1v) is 7.43. The first-order chi connectivity index (χ1) is 9.22. The largest absolute Gasteiger partial charge is 0.380 e. The van der Waals surface area contributed by atoms with Crippen molar-refractivity contribution in [2.45, 2.75) is 6.54 Å². The molecule has 4 heteroatoms. The molecule has 0 aliphatic heterocycles. The average Bonchev–Trinajstić information content (AvgIpc) is 2.85. The van der Waals surface area contributed by atoms with E-state index in [2.05, 4.69) is 57.2 Å². The standard InChI is InChI=1S/C15H12ClIN2/c16-12-3-4-14(13(17)8-12)19-9-10-1-2-11-5-6-18-15(11)7-10/h1-8,18-19H,9H2. The van der Waals surface area contributed by atoms with Crippen LogP contribution in [0.15, 0.2) is 48.7 Å². The molecule has 0 saturated heterocycles. The molecule has 0 unspecified atom stereocenters. The van der Waals surface area contributed by atoms with Crippen LogP contribution >= 0.6 is 34.2 Å². The van der Waals surface area contributed by atoms with Crippen LogP contribution in [0.25, 0.3) is 10.9 Å². The van der Waals surface area contributed by atoms with E-state index in [4.69, 9.17) is 11.6 Å². The molecule has 0 fully saturated rings. The number of halogens is 2. The Labute approximate surface area is 130 Å². The minimum atomic E-state index is 0.766. The number of anilines is 1. The predicted molar refractivity (Wildman–Crippen MR) is 89.8 cm³/mol. The van der Waals surface area contributed by atoms with Gasteiger partial charge >= 0.3 is 0 Å². The molecule has 0 bridgehead atoms. The fourth-order valence-electron chi connectivity index (χ4n) is 2.04. The van der Waals surface area contributed by atoms with Crippen LogP contribution in [0.4, 0.5) is 5.69 Å². The molecule has 0 amide bonds. The zero-order valence-corrected chi connectivity index (χ0v) is 13.0. The van der Waals surface area contributed by atoms with Gasteiger partial charge in [-0.2, -0.15) is 0 Å². The molecule has 0 saturated carbocycles. The third-order valence-electron chi connectivity index (χ3n) is 3.03. The van der Waals surface area contributed by atoms with Crippen molar-refractivity contribution in [3.63, 3.8) is 0 Å². The zero-order chi connectivity index (χ0) is 13.2. The molecule has 2 N–H and O–H groups in total. The highest BCUT2D eigenvalue weighted by Gasteiger charge is 2.01. The molecule has 0 spiro atoms. The first-order valence-electron chi connectivity index (χ1n) is 5.97. The van der Waals surface area contributed by atoms with Crippen LogP contribution in [-0.2, 0) is 6.54 Å². The van der Waals surface area contributed by atoms with Crippen LogP contribution in [0.3, 0.4) is 0 Å². The van der Waals surface area contributed by atoms with Crippen molar-refractivity contribution in [2.24, 2.45) is 0 Å². The molecule has 3 aromatic rings. The Balaban J connectivity index is 1.77. The quantitative estimate of drug-likeness (QED) is 0.610. The number of aromatic nitrogens is 1. The van der Waals surface area contributed by atoms with Crippen LogP contribution in [0.2, 0.25) is 5.02 Å². The smallest absolute Gasteiger partial charge is 0.0479 e. The van der Waals surface area contributed by atoms with Crippen molar-refractivity contribution in [2.75, 3.05) is 5.32 Å². The maximum Gasteiger partial charge on any atom is 0.0479 e. The van der Waals surface area contributed by atoms with Gasteiger partial charge in [0.05, 0.1) is 0 Å². The predicted octanol–water partition coefficient (Wildman–Crippen LogP) is 5.04. The van der Waals surface area contributed by atoms with E-state index in [0.29, 0.717) is 0 Å². The SMILES string of the molecule is Clc1ccc(NCc2ccc3cc[nH]c3c2)c(I)c1. The summed E-state index contributed by atoms with van der Waals surface area (Å²) in [4.78, 5) is 3.23. The Morgan fingerprint density at radius 2 is 2.00 bits per heavy atom. The van der Waals surface area contributed by atoms with E-state index in [1.165, 1.54) is 16.5 Å². The summed E-state index contributed by atoms with van der Waals surface area (Å²) in [5.41, 5.74) is 3.53. The molecule has 2 nitrogen and oxygen atoms in total. The lowest BCUT2D eigenvalue weighted by Gasteiger charge is -2.09. The second-order valence-electron chi connectivity index (χ2n) is 4.38. The number of H-pyrrole nitrogens is 1. The number of hydrogen-bond acceptors (Lipinski definition) is 1. The summed E-state index contributed by atoms with van der Waals surface area (Å²) in [7, 11) is 0. The number of benzene rings is 2. The minimum absolute atomic E-state index is 0.766. The van der Waals surface area contributed by atoms with Gasteiger partial charge in [0.2, 0.25) is 0 Å². The van der Waals surface area contributed by atoms with Crippen molar-refractivity contribution >= 4 is 50.8 Å². The number of rotatable bonds is 3. The van der Waals surface area contributed by atoms with E-state index >= 15 is 0 Å². The molecular weight excluding hydrogens is 371 g/mol. The maximum atomic E-state index is 5.95. The summed E-state index contributed by atoms with van der Waals surface area (Å²) in [5.74, 6) is 0. The Kier molecular flexibility index (Phi) is 3.66. The van der Waals surface area contributed by atoms with Crippen molar-refractivity contribution in [1.82, 2.24) is 4.98 Å². The van der Waals surface area contributed by atoms with Crippen LogP contribution in [0, 0.1) is 3.57 Å². The Bertz CT molecular complexity index is 721. The van der Waals surface area contributed by atoms with E-state index < -0.39 is 0 Å². The molecule has 1 heterocycles. The molecule has 96 valence electrons. The summed E-state index contributed by atoms with van der Waals surface area (Å²) in [6.45, 7) is 0.798. The number of fused-ring (bicyclic) bond motifs is 1. The highest BCUT2D eigenvalue weighted by atomic mass is 127. The lowest BCUT2D eigenvalue weighted by atomic mass is 10.1. The summed E-state index contributed by atoms with van der Waals surface area (Å²) in [5, 5.41) is 5.44. The van der Waals surface area contributed by atoms with Gasteiger partial charge in [-0.25, -0.2) is 0 Å². The van der Waals surface area contributed by atoms with E-state index in [1.807, 2.05) is 24.4 Å². The zero-order valence-electron chi connectivity index (χ0n) is 10.1. The lowest BCUT2D eigenvalue weighted by molar-refractivity contribution is 1.15. The highest BCUT2D eigenvalue weighted by molar-refractivity contribution is 14.1. The second kappa shape index (κ2) is 5.43. The van der Waals surface area contributed by atoms with Gasteiger partial charge in [-0.15, -0.1) is 0 Å². The highest BCUT2D eigenvalue weighted by Crippen LogP contribution is 2.23. The fraction of sp³-hybridized carbons (Fsp3) is 0.0667. The molecule has 3 rings (SSSR count). The van der Waals surface area contributed by atoms with Crippen LogP contribution in [0.1, 0.15) is 5.56 Å². The van der Waals surface area contributed by atoms with Gasteiger partial charge in [-0.1, -0.05) is 23.7 Å². The van der Waals surface area contributed by atoms with Gasteiger partial charge in [0, 0.05) is 32.5 Å². The van der Waals surface area contributed by atoms with Crippen molar-refractivity contribution < 1.29 is 0 Å². The van der Waals surface area contributed by atoms with Gasteiger partial charge in [0.15, 0.2) is 0 Å². The van der Waals surface area contributed by atoms with Crippen LogP contribution in [-0.4, -0.2) is 4.98 Å². The van der Waals surface area contributed by atoms with Crippen molar-refractivity contribution in [3.8, 4) is 0 Å². The molecule has 0 aliphatic rings. The number of aromatic amines is 1. The topological polar surface area (TPSA) is 27.8 Å². The molecule has 0 atom stereocenters. The Hall–Kier alpha value is -1.20. The summed E-state index contributed by atoms with van der Waals surface area (Å²) in [6.07, 6.45) is 1.96. The van der Waals surface area contributed by atoms with Gasteiger partial charge in [0.1, 0.15) is 0 Å². The normalized spacial score (nSPS) is 10.8. The molecular formula is C15H12ClIN2. The van der Waals surface area contributed by atoms with E-state index in [9.17, 15) is 0 Å². The molecule has 1 aromatic heterocycles. The van der Waals surface area contributed by atoms with Crippen LogP contribution < -0.4 is 5.32 Å². The van der Waals surface area contributed by atoms with Gasteiger partial charge < -0.3 is 10.3 Å². The molecule has 0 aliphatic carbocycles. The molecule has 19 heavy (non-hydrogen) atoms. The number of hydrogen-bond donors (Lipinski definition) is 2. The molecule has 2 aromatic carbocycles. The van der Waals surface area contributed by atoms with E-state index in [1.54, 1.807) is 0 Å². The van der Waals surface area contributed by atoms with Crippen LogP contribution in [0.5, 0.6) is 0 Å².